The normalized spacial score (nSPS) is 10.8. The number of aromatic nitrogens is 6. The summed E-state index contributed by atoms with van der Waals surface area (Å²) in [5.41, 5.74) is 0. The molecule has 3 aromatic rings. The van der Waals surface area contributed by atoms with Gasteiger partial charge in [-0.05, 0) is 28.1 Å². The fourth-order valence-electron chi connectivity index (χ4n) is 1.43. The summed E-state index contributed by atoms with van der Waals surface area (Å²) in [5, 5.41) is 8.49. The molecule has 18 heavy (non-hydrogen) atoms. The van der Waals surface area contributed by atoms with E-state index >= 15 is 0 Å². The lowest BCUT2D eigenvalue weighted by Crippen LogP contribution is -2.08. The first-order valence-corrected chi connectivity index (χ1v) is 6.16. The molecular weight excluding hydrogens is 320 g/mol. The molecule has 6 nitrogen and oxygen atoms in total. The third-order valence-corrected chi connectivity index (χ3v) is 3.44. The van der Waals surface area contributed by atoms with Crippen molar-refractivity contribution in [1.29, 1.82) is 0 Å². The van der Waals surface area contributed by atoms with Crippen LogP contribution in [0.2, 0.25) is 5.15 Å². The summed E-state index contributed by atoms with van der Waals surface area (Å²) >= 11 is 9.42. The van der Waals surface area contributed by atoms with Crippen molar-refractivity contribution in [2.24, 2.45) is 0 Å². The van der Waals surface area contributed by atoms with Gasteiger partial charge in [-0.15, -0.1) is 0 Å². The highest BCUT2D eigenvalue weighted by atomic mass is 79.9. The van der Waals surface area contributed by atoms with Gasteiger partial charge in [-0.2, -0.15) is 20.2 Å². The first kappa shape index (κ1) is 11.4. The smallest absolute Gasteiger partial charge is 0.221 e. The van der Waals surface area contributed by atoms with Crippen molar-refractivity contribution in [3.63, 3.8) is 0 Å². The van der Waals surface area contributed by atoms with E-state index < -0.39 is 0 Å². The van der Waals surface area contributed by atoms with Gasteiger partial charge < -0.3 is 0 Å². The lowest BCUT2D eigenvalue weighted by molar-refractivity contribution is 0.770. The zero-order valence-electron chi connectivity index (χ0n) is 8.90. The Hall–Kier alpha value is -1.73. The Morgan fingerprint density at radius 2 is 1.67 bits per heavy atom. The first-order chi connectivity index (χ1) is 8.75. The molecule has 0 saturated heterocycles. The van der Waals surface area contributed by atoms with Crippen molar-refractivity contribution in [2.45, 2.75) is 0 Å². The minimum atomic E-state index is 0.306. The van der Waals surface area contributed by atoms with Gasteiger partial charge >= 0.3 is 0 Å². The highest BCUT2D eigenvalue weighted by Gasteiger charge is 2.13. The van der Waals surface area contributed by atoms with Crippen molar-refractivity contribution < 1.29 is 0 Å². The Kier molecular flexibility index (Phi) is 2.85. The SMILES string of the molecule is Clc1nc(-n2cccn2)nc(-n2cccn2)c1Br. The first-order valence-electron chi connectivity index (χ1n) is 4.99. The number of hydrogen-bond acceptors (Lipinski definition) is 4. The van der Waals surface area contributed by atoms with Crippen LogP contribution in [0.15, 0.2) is 41.4 Å². The highest BCUT2D eigenvalue weighted by molar-refractivity contribution is 9.10. The van der Waals surface area contributed by atoms with E-state index in [2.05, 4.69) is 36.1 Å². The second kappa shape index (κ2) is 4.51. The second-order valence-corrected chi connectivity index (χ2v) is 4.50. The monoisotopic (exact) mass is 324 g/mol. The maximum absolute atomic E-state index is 6.07. The number of nitrogens with zero attached hydrogens (tertiary/aromatic N) is 6. The Bertz CT molecular complexity index is 664. The molecule has 0 radical (unpaired) electrons. The Morgan fingerprint density at radius 1 is 1.00 bits per heavy atom. The van der Waals surface area contributed by atoms with Crippen LogP contribution >= 0.6 is 27.5 Å². The molecule has 0 amide bonds. The van der Waals surface area contributed by atoms with Crippen LogP contribution in [0.3, 0.4) is 0 Å². The molecule has 0 N–H and O–H groups in total. The van der Waals surface area contributed by atoms with Crippen LogP contribution in [-0.4, -0.2) is 29.5 Å². The van der Waals surface area contributed by atoms with Crippen LogP contribution in [0.25, 0.3) is 11.8 Å². The van der Waals surface area contributed by atoms with Crippen molar-refractivity contribution in [2.75, 3.05) is 0 Å². The number of rotatable bonds is 2. The molecule has 3 heterocycles. The highest BCUT2D eigenvalue weighted by Crippen LogP contribution is 2.26. The van der Waals surface area contributed by atoms with E-state index in [9.17, 15) is 0 Å². The molecule has 0 aliphatic heterocycles. The summed E-state index contributed by atoms with van der Waals surface area (Å²) in [6.07, 6.45) is 6.83. The zero-order valence-corrected chi connectivity index (χ0v) is 11.2. The van der Waals surface area contributed by atoms with Gasteiger partial charge in [-0.1, -0.05) is 11.6 Å². The molecule has 0 aromatic carbocycles. The average molecular weight is 326 g/mol. The summed E-state index contributed by atoms with van der Waals surface area (Å²) in [6, 6.07) is 3.59. The molecule has 0 saturated carbocycles. The molecule has 3 rings (SSSR count). The Labute approximate surface area is 115 Å². The molecule has 3 aromatic heterocycles. The van der Waals surface area contributed by atoms with E-state index in [1.54, 1.807) is 41.6 Å². The number of halogens is 2. The topological polar surface area (TPSA) is 61.4 Å². The number of hydrogen-bond donors (Lipinski definition) is 0. The van der Waals surface area contributed by atoms with E-state index in [-0.39, 0.29) is 0 Å². The van der Waals surface area contributed by atoms with Crippen LogP contribution < -0.4 is 0 Å². The predicted octanol–water partition coefficient (Wildman–Crippen LogP) is 2.26. The van der Waals surface area contributed by atoms with Crippen LogP contribution in [0, 0.1) is 0 Å². The average Bonchev–Trinajstić information content (AvgIpc) is 3.03. The maximum Gasteiger partial charge on any atom is 0.254 e. The quantitative estimate of drug-likeness (QED) is 0.678. The van der Waals surface area contributed by atoms with Crippen LogP contribution in [0.4, 0.5) is 0 Å². The molecule has 0 atom stereocenters. The third-order valence-electron chi connectivity index (χ3n) is 2.21. The summed E-state index contributed by atoms with van der Waals surface area (Å²) in [4.78, 5) is 8.53. The summed E-state index contributed by atoms with van der Waals surface area (Å²) in [5.74, 6) is 0.948. The zero-order chi connectivity index (χ0) is 12.5. The van der Waals surface area contributed by atoms with E-state index in [0.29, 0.717) is 21.4 Å². The van der Waals surface area contributed by atoms with Gasteiger partial charge in [0.05, 0.1) is 4.47 Å². The largest absolute Gasteiger partial charge is 0.254 e. The standard InChI is InChI=1S/C10H6BrClN6/c11-7-8(12)15-10(18-6-2-4-14-18)16-9(7)17-5-1-3-13-17/h1-6H. The molecule has 0 fully saturated rings. The van der Waals surface area contributed by atoms with Crippen molar-refractivity contribution in [3.05, 3.63) is 46.5 Å². The molecule has 0 aliphatic carbocycles. The van der Waals surface area contributed by atoms with Gasteiger partial charge in [0.1, 0.15) is 0 Å². The summed E-state index contributed by atoms with van der Waals surface area (Å²) in [7, 11) is 0. The van der Waals surface area contributed by atoms with Crippen LogP contribution in [-0.2, 0) is 0 Å². The minimum absolute atomic E-state index is 0.306. The minimum Gasteiger partial charge on any atom is -0.221 e. The van der Waals surface area contributed by atoms with E-state index in [4.69, 9.17) is 11.6 Å². The molecule has 0 aliphatic rings. The van der Waals surface area contributed by atoms with Gasteiger partial charge in [-0.25, -0.2) is 9.36 Å². The lowest BCUT2D eigenvalue weighted by atomic mass is 10.5. The molecule has 0 unspecified atom stereocenters. The van der Waals surface area contributed by atoms with Crippen LogP contribution in [0.1, 0.15) is 0 Å². The molecular formula is C10H6BrClN6. The second-order valence-electron chi connectivity index (χ2n) is 3.35. The fraction of sp³-hybridized carbons (Fsp3) is 0. The van der Waals surface area contributed by atoms with Gasteiger partial charge in [0.15, 0.2) is 11.0 Å². The lowest BCUT2D eigenvalue weighted by Gasteiger charge is -2.07. The van der Waals surface area contributed by atoms with Gasteiger partial charge in [0.25, 0.3) is 5.95 Å². The van der Waals surface area contributed by atoms with Crippen molar-refractivity contribution in [1.82, 2.24) is 29.5 Å². The molecule has 0 spiro atoms. The third kappa shape index (κ3) is 1.91. The summed E-state index contributed by atoms with van der Waals surface area (Å²) < 4.78 is 3.72. The van der Waals surface area contributed by atoms with Crippen molar-refractivity contribution >= 4 is 27.5 Å². The predicted molar refractivity (Wildman–Crippen MR) is 69.0 cm³/mol. The van der Waals surface area contributed by atoms with Gasteiger partial charge in [0, 0.05) is 24.8 Å². The molecule has 8 heteroatoms. The van der Waals surface area contributed by atoms with Crippen LogP contribution in [0.5, 0.6) is 0 Å². The maximum atomic E-state index is 6.07. The van der Waals surface area contributed by atoms with E-state index in [0.717, 1.165) is 0 Å². The molecule has 90 valence electrons. The van der Waals surface area contributed by atoms with Crippen molar-refractivity contribution in [3.8, 4) is 11.8 Å². The van der Waals surface area contributed by atoms with Gasteiger partial charge in [0.2, 0.25) is 0 Å². The summed E-state index contributed by atoms with van der Waals surface area (Å²) in [6.45, 7) is 0. The molecule has 0 bridgehead atoms. The fourth-order valence-corrected chi connectivity index (χ4v) is 1.95. The van der Waals surface area contributed by atoms with E-state index in [1.807, 2.05) is 0 Å². The Morgan fingerprint density at radius 3 is 2.28 bits per heavy atom. The van der Waals surface area contributed by atoms with Gasteiger partial charge in [-0.3, -0.25) is 0 Å². The van der Waals surface area contributed by atoms with E-state index in [1.165, 1.54) is 4.68 Å². The Balaban J connectivity index is 2.20.